The summed E-state index contributed by atoms with van der Waals surface area (Å²) in [5, 5.41) is 9.75. The first kappa shape index (κ1) is 13.0. The van der Waals surface area contributed by atoms with Crippen LogP contribution in [0.25, 0.3) is 0 Å². The van der Waals surface area contributed by atoms with Gasteiger partial charge in [0.25, 0.3) is 0 Å². The van der Waals surface area contributed by atoms with Gasteiger partial charge in [-0.2, -0.15) is 0 Å². The molecule has 0 aliphatic carbocycles. The van der Waals surface area contributed by atoms with Crippen molar-refractivity contribution < 1.29 is 9.84 Å². The first-order valence-corrected chi connectivity index (χ1v) is 5.74. The molecule has 1 aromatic carbocycles. The van der Waals surface area contributed by atoms with Gasteiger partial charge in [-0.15, -0.1) is 0 Å². The lowest BCUT2D eigenvalue weighted by Crippen LogP contribution is -2.15. The Bertz CT molecular complexity index is 339. The molecule has 1 rings (SSSR count). The Balaban J connectivity index is 2.94. The third kappa shape index (κ3) is 2.97. The predicted octanol–water partition coefficient (Wildman–Crippen LogP) is 2.16. The van der Waals surface area contributed by atoms with Gasteiger partial charge < -0.3 is 15.6 Å². The zero-order chi connectivity index (χ0) is 12.1. The van der Waals surface area contributed by atoms with E-state index in [0.29, 0.717) is 0 Å². The molecule has 0 saturated heterocycles. The van der Waals surface area contributed by atoms with E-state index in [4.69, 9.17) is 10.5 Å². The highest BCUT2D eigenvalue weighted by Gasteiger charge is 2.12. The van der Waals surface area contributed by atoms with Gasteiger partial charge in [0.15, 0.2) is 0 Å². The number of nitrogens with two attached hydrogens (primary N) is 1. The van der Waals surface area contributed by atoms with Crippen molar-refractivity contribution in [3.8, 4) is 5.75 Å². The molecule has 16 heavy (non-hydrogen) atoms. The van der Waals surface area contributed by atoms with Crippen LogP contribution >= 0.6 is 0 Å². The molecule has 0 saturated carbocycles. The number of ether oxygens (including phenoxy) is 1. The van der Waals surface area contributed by atoms with Crippen LogP contribution in [-0.2, 0) is 0 Å². The van der Waals surface area contributed by atoms with Crippen LogP contribution in [0.1, 0.15) is 37.5 Å². The van der Waals surface area contributed by atoms with Crippen molar-refractivity contribution in [2.45, 2.75) is 39.4 Å². The van der Waals surface area contributed by atoms with Gasteiger partial charge in [0.05, 0.1) is 12.2 Å². The van der Waals surface area contributed by atoms with E-state index in [2.05, 4.69) is 6.92 Å². The molecule has 3 nitrogen and oxygen atoms in total. The van der Waals surface area contributed by atoms with Crippen molar-refractivity contribution in [1.82, 2.24) is 0 Å². The van der Waals surface area contributed by atoms with Crippen molar-refractivity contribution in [3.05, 3.63) is 29.3 Å². The zero-order valence-electron chi connectivity index (χ0n) is 10.2. The Morgan fingerprint density at radius 1 is 1.44 bits per heavy atom. The van der Waals surface area contributed by atoms with E-state index >= 15 is 0 Å². The summed E-state index contributed by atoms with van der Waals surface area (Å²) in [6, 6.07) is 5.70. The lowest BCUT2D eigenvalue weighted by Gasteiger charge is -2.18. The van der Waals surface area contributed by atoms with E-state index in [1.807, 2.05) is 32.0 Å². The van der Waals surface area contributed by atoms with E-state index in [9.17, 15) is 5.11 Å². The largest absolute Gasteiger partial charge is 0.490 e. The van der Waals surface area contributed by atoms with E-state index in [-0.39, 0.29) is 12.6 Å². The van der Waals surface area contributed by atoms with Gasteiger partial charge in [-0.3, -0.25) is 0 Å². The number of aliphatic hydroxyl groups is 1. The van der Waals surface area contributed by atoms with Crippen LogP contribution in [0.2, 0.25) is 0 Å². The van der Waals surface area contributed by atoms with Crippen LogP contribution in [0.3, 0.4) is 0 Å². The molecule has 90 valence electrons. The molecule has 0 aliphatic heterocycles. The number of benzene rings is 1. The van der Waals surface area contributed by atoms with Gasteiger partial charge >= 0.3 is 0 Å². The summed E-state index contributed by atoms with van der Waals surface area (Å²) in [5.74, 6) is 0.833. The number of aliphatic hydroxyl groups excluding tert-OH is 1. The molecule has 0 bridgehead atoms. The van der Waals surface area contributed by atoms with Crippen molar-refractivity contribution in [1.29, 1.82) is 0 Å². The van der Waals surface area contributed by atoms with Crippen molar-refractivity contribution in [2.75, 3.05) is 6.54 Å². The van der Waals surface area contributed by atoms with E-state index < -0.39 is 6.10 Å². The average Bonchev–Trinajstić information content (AvgIpc) is 2.30. The molecular formula is C13H21NO2. The minimum absolute atomic E-state index is 0.184. The maximum absolute atomic E-state index is 9.75. The molecule has 0 aliphatic rings. The van der Waals surface area contributed by atoms with Crippen LogP contribution in [-0.4, -0.2) is 17.8 Å². The van der Waals surface area contributed by atoms with Crippen molar-refractivity contribution in [3.63, 3.8) is 0 Å². The maximum Gasteiger partial charge on any atom is 0.122 e. The second-order valence-electron chi connectivity index (χ2n) is 4.06. The molecule has 0 aromatic heterocycles. The normalized spacial score (nSPS) is 14.6. The fourth-order valence-corrected chi connectivity index (χ4v) is 1.55. The summed E-state index contributed by atoms with van der Waals surface area (Å²) < 4.78 is 5.78. The Kier molecular flexibility index (Phi) is 4.77. The zero-order valence-corrected chi connectivity index (χ0v) is 10.2. The third-order valence-corrected chi connectivity index (χ3v) is 2.81. The van der Waals surface area contributed by atoms with Crippen LogP contribution in [0.4, 0.5) is 0 Å². The standard InChI is InChI=1S/C13H21NO2/c1-4-9(2)16-13-7-5-6-11(10(13)3)12(15)8-14/h5-7,9,12,15H,4,8,14H2,1-3H3. The molecule has 0 amide bonds. The molecule has 0 spiro atoms. The summed E-state index contributed by atoms with van der Waals surface area (Å²) in [7, 11) is 0. The second kappa shape index (κ2) is 5.87. The highest BCUT2D eigenvalue weighted by molar-refractivity contribution is 5.40. The minimum atomic E-state index is -0.611. The molecule has 0 heterocycles. The van der Waals surface area contributed by atoms with E-state index in [0.717, 1.165) is 23.3 Å². The summed E-state index contributed by atoms with van der Waals surface area (Å²) >= 11 is 0. The Labute approximate surface area is 97.2 Å². The molecule has 0 radical (unpaired) electrons. The third-order valence-electron chi connectivity index (χ3n) is 2.81. The van der Waals surface area contributed by atoms with Crippen LogP contribution in [0.15, 0.2) is 18.2 Å². The van der Waals surface area contributed by atoms with E-state index in [1.165, 1.54) is 0 Å². The summed E-state index contributed by atoms with van der Waals surface area (Å²) in [4.78, 5) is 0. The van der Waals surface area contributed by atoms with Crippen molar-refractivity contribution >= 4 is 0 Å². The first-order valence-electron chi connectivity index (χ1n) is 5.74. The van der Waals surface area contributed by atoms with Crippen molar-refractivity contribution in [2.24, 2.45) is 5.73 Å². The molecule has 0 fully saturated rings. The predicted molar refractivity (Wildman–Crippen MR) is 65.6 cm³/mol. The topological polar surface area (TPSA) is 55.5 Å². The highest BCUT2D eigenvalue weighted by Crippen LogP contribution is 2.26. The fraction of sp³-hybridized carbons (Fsp3) is 0.538. The molecule has 1 aromatic rings. The minimum Gasteiger partial charge on any atom is -0.490 e. The molecule has 2 unspecified atom stereocenters. The smallest absolute Gasteiger partial charge is 0.122 e. The lowest BCUT2D eigenvalue weighted by atomic mass is 10.0. The Hall–Kier alpha value is -1.06. The highest BCUT2D eigenvalue weighted by atomic mass is 16.5. The maximum atomic E-state index is 9.75. The van der Waals surface area contributed by atoms with Gasteiger partial charge in [-0.1, -0.05) is 19.1 Å². The number of rotatable bonds is 5. The molecule has 3 N–H and O–H groups in total. The van der Waals surface area contributed by atoms with Gasteiger partial charge in [-0.05, 0) is 37.5 Å². The van der Waals surface area contributed by atoms with Crippen LogP contribution in [0.5, 0.6) is 5.75 Å². The monoisotopic (exact) mass is 223 g/mol. The average molecular weight is 223 g/mol. The van der Waals surface area contributed by atoms with Crippen LogP contribution in [0, 0.1) is 6.92 Å². The Morgan fingerprint density at radius 3 is 2.69 bits per heavy atom. The SMILES string of the molecule is CCC(C)Oc1cccc(C(O)CN)c1C. The summed E-state index contributed by atoms with van der Waals surface area (Å²) in [6.45, 7) is 6.30. The van der Waals surface area contributed by atoms with Crippen LogP contribution < -0.4 is 10.5 Å². The quantitative estimate of drug-likeness (QED) is 0.804. The van der Waals surface area contributed by atoms with Gasteiger partial charge in [0.1, 0.15) is 5.75 Å². The summed E-state index contributed by atoms with van der Waals surface area (Å²) in [5.41, 5.74) is 7.28. The van der Waals surface area contributed by atoms with Gasteiger partial charge in [0, 0.05) is 6.54 Å². The second-order valence-corrected chi connectivity index (χ2v) is 4.06. The van der Waals surface area contributed by atoms with E-state index in [1.54, 1.807) is 0 Å². The molecule has 3 heteroatoms. The summed E-state index contributed by atoms with van der Waals surface area (Å²) in [6.07, 6.45) is 0.535. The van der Waals surface area contributed by atoms with Gasteiger partial charge in [-0.25, -0.2) is 0 Å². The molecule has 2 atom stereocenters. The van der Waals surface area contributed by atoms with Gasteiger partial charge in [0.2, 0.25) is 0 Å². The number of hydrogen-bond acceptors (Lipinski definition) is 3. The fourth-order valence-electron chi connectivity index (χ4n) is 1.55. The Morgan fingerprint density at radius 2 is 2.12 bits per heavy atom. The number of hydrogen-bond donors (Lipinski definition) is 2. The first-order chi connectivity index (χ1) is 7.60. The molecular weight excluding hydrogens is 202 g/mol. The lowest BCUT2D eigenvalue weighted by molar-refractivity contribution is 0.183.